The van der Waals surface area contributed by atoms with Crippen LogP contribution in [0.1, 0.15) is 12.0 Å². The Morgan fingerprint density at radius 3 is 2.90 bits per heavy atom. The number of benzene rings is 1. The van der Waals surface area contributed by atoms with E-state index < -0.39 is 0 Å². The topological polar surface area (TPSA) is 96.8 Å². The molecule has 104 valence electrons. The van der Waals surface area contributed by atoms with Crippen molar-refractivity contribution in [3.63, 3.8) is 0 Å². The second kappa shape index (κ2) is 5.76. The largest absolute Gasteiger partial charge is 0.339 e. The molecule has 1 fully saturated rings. The molecule has 3 N–H and O–H groups in total. The molecule has 2 heterocycles. The summed E-state index contributed by atoms with van der Waals surface area (Å²) in [6, 6.07) is 7.57. The van der Waals surface area contributed by atoms with E-state index in [1.165, 1.54) is 6.33 Å². The van der Waals surface area contributed by atoms with E-state index in [9.17, 15) is 4.79 Å². The first-order chi connectivity index (χ1) is 9.81. The van der Waals surface area contributed by atoms with Crippen molar-refractivity contribution in [1.29, 1.82) is 0 Å². The highest BCUT2D eigenvalue weighted by molar-refractivity contribution is 5.78. The number of tetrazole rings is 1. The van der Waals surface area contributed by atoms with E-state index in [2.05, 4.69) is 31.7 Å². The normalized spacial score (nSPS) is 18.1. The zero-order chi connectivity index (χ0) is 13.8. The first kappa shape index (κ1) is 12.7. The molecule has 1 aliphatic rings. The van der Waals surface area contributed by atoms with Crippen LogP contribution in [0.5, 0.6) is 0 Å². The molecular weight excluding hydrogens is 258 g/mol. The lowest BCUT2D eigenvalue weighted by molar-refractivity contribution is -0.121. The predicted molar refractivity (Wildman–Crippen MR) is 70.5 cm³/mol. The van der Waals surface area contributed by atoms with Gasteiger partial charge in [0.1, 0.15) is 6.33 Å². The van der Waals surface area contributed by atoms with Crippen LogP contribution in [-0.2, 0) is 11.2 Å². The maximum Gasteiger partial charge on any atom is 0.225 e. The van der Waals surface area contributed by atoms with Gasteiger partial charge >= 0.3 is 0 Å². The number of amides is 1. The van der Waals surface area contributed by atoms with E-state index in [1.54, 1.807) is 4.68 Å². The first-order valence-corrected chi connectivity index (χ1v) is 6.41. The predicted octanol–water partition coefficient (Wildman–Crippen LogP) is -0.855. The highest BCUT2D eigenvalue weighted by Crippen LogP contribution is 2.08. The van der Waals surface area contributed by atoms with Crippen molar-refractivity contribution >= 4 is 5.91 Å². The van der Waals surface area contributed by atoms with Crippen LogP contribution in [0.3, 0.4) is 0 Å². The molecule has 1 aliphatic heterocycles. The maximum absolute atomic E-state index is 11.9. The van der Waals surface area contributed by atoms with Gasteiger partial charge in [-0.25, -0.2) is 10.1 Å². The molecule has 1 amide bonds. The third kappa shape index (κ3) is 2.98. The third-order valence-electron chi connectivity index (χ3n) is 3.08. The van der Waals surface area contributed by atoms with Crippen LogP contribution in [0.2, 0.25) is 0 Å². The summed E-state index contributed by atoms with van der Waals surface area (Å²) >= 11 is 0. The quantitative estimate of drug-likeness (QED) is 0.671. The van der Waals surface area contributed by atoms with Crippen LogP contribution in [0.15, 0.2) is 30.6 Å². The Morgan fingerprint density at radius 1 is 1.40 bits per heavy atom. The SMILES string of the molecule is O=C(Cc1ccc(-n2cnnn2)cc1)NC1CCNN1. The zero-order valence-corrected chi connectivity index (χ0v) is 10.8. The van der Waals surface area contributed by atoms with Gasteiger partial charge in [0.05, 0.1) is 18.3 Å². The van der Waals surface area contributed by atoms with Gasteiger partial charge in [-0.1, -0.05) is 12.1 Å². The second-order valence-corrected chi connectivity index (χ2v) is 4.58. The van der Waals surface area contributed by atoms with E-state index in [-0.39, 0.29) is 12.1 Å². The molecular formula is C12H15N7O. The number of aromatic nitrogens is 4. The third-order valence-corrected chi connectivity index (χ3v) is 3.08. The molecule has 0 bridgehead atoms. The van der Waals surface area contributed by atoms with Crippen molar-refractivity contribution in [3.8, 4) is 5.69 Å². The van der Waals surface area contributed by atoms with Gasteiger partial charge in [0.25, 0.3) is 0 Å². The summed E-state index contributed by atoms with van der Waals surface area (Å²) in [6.07, 6.45) is 2.79. The maximum atomic E-state index is 11.9. The number of carbonyl (C=O) groups excluding carboxylic acids is 1. The minimum absolute atomic E-state index is 0.00127. The number of carbonyl (C=O) groups is 1. The van der Waals surface area contributed by atoms with Crippen LogP contribution < -0.4 is 16.2 Å². The van der Waals surface area contributed by atoms with Crippen molar-refractivity contribution in [2.24, 2.45) is 0 Å². The summed E-state index contributed by atoms with van der Waals surface area (Å²) in [4.78, 5) is 11.9. The average molecular weight is 273 g/mol. The minimum atomic E-state index is 0.00127. The summed E-state index contributed by atoms with van der Waals surface area (Å²) in [5.41, 5.74) is 7.78. The summed E-state index contributed by atoms with van der Waals surface area (Å²) in [7, 11) is 0. The number of nitrogens with zero attached hydrogens (tertiary/aromatic N) is 4. The highest BCUT2D eigenvalue weighted by atomic mass is 16.1. The summed E-state index contributed by atoms with van der Waals surface area (Å²) < 4.78 is 1.57. The molecule has 1 saturated heterocycles. The van der Waals surface area contributed by atoms with Crippen molar-refractivity contribution < 1.29 is 4.79 Å². The van der Waals surface area contributed by atoms with Crippen molar-refractivity contribution in [2.45, 2.75) is 19.0 Å². The molecule has 20 heavy (non-hydrogen) atoms. The first-order valence-electron chi connectivity index (χ1n) is 6.41. The Hall–Kier alpha value is -2.32. The smallest absolute Gasteiger partial charge is 0.225 e. The Labute approximate surface area is 115 Å². The van der Waals surface area contributed by atoms with E-state index in [0.29, 0.717) is 6.42 Å². The molecule has 0 aliphatic carbocycles. The van der Waals surface area contributed by atoms with Gasteiger partial charge in [-0.05, 0) is 34.5 Å². The van der Waals surface area contributed by atoms with Crippen LogP contribution in [0.25, 0.3) is 5.69 Å². The standard InChI is InChI=1S/C12H15N7O/c20-12(15-11-5-6-13-16-11)7-9-1-3-10(4-2-9)19-8-14-17-18-19/h1-4,8,11,13,16H,5-7H2,(H,15,20). The Kier molecular flexibility index (Phi) is 3.66. The lowest BCUT2D eigenvalue weighted by atomic mass is 10.1. The molecule has 1 atom stereocenters. The number of hydrogen-bond donors (Lipinski definition) is 3. The number of hydrogen-bond acceptors (Lipinski definition) is 6. The van der Waals surface area contributed by atoms with E-state index in [4.69, 9.17) is 0 Å². The fourth-order valence-corrected chi connectivity index (χ4v) is 2.07. The van der Waals surface area contributed by atoms with E-state index in [0.717, 1.165) is 24.2 Å². The zero-order valence-electron chi connectivity index (χ0n) is 10.8. The molecule has 1 aromatic heterocycles. The molecule has 8 heteroatoms. The highest BCUT2D eigenvalue weighted by Gasteiger charge is 2.15. The summed E-state index contributed by atoms with van der Waals surface area (Å²) in [5.74, 6) is 0.00127. The van der Waals surface area contributed by atoms with Crippen LogP contribution in [-0.4, -0.2) is 38.8 Å². The second-order valence-electron chi connectivity index (χ2n) is 4.58. The number of hydrazine groups is 1. The van der Waals surface area contributed by atoms with Crippen molar-refractivity contribution in [1.82, 2.24) is 36.4 Å². The lowest BCUT2D eigenvalue weighted by Crippen LogP contribution is -2.44. The van der Waals surface area contributed by atoms with Crippen LogP contribution >= 0.6 is 0 Å². The molecule has 1 aromatic carbocycles. The summed E-state index contributed by atoms with van der Waals surface area (Å²) in [6.45, 7) is 0.867. The Balaban J connectivity index is 1.59. The molecule has 0 spiro atoms. The van der Waals surface area contributed by atoms with Gasteiger partial charge in [-0.2, -0.15) is 0 Å². The molecule has 0 saturated carbocycles. The van der Waals surface area contributed by atoms with Gasteiger partial charge in [0.15, 0.2) is 0 Å². The molecule has 1 unspecified atom stereocenters. The molecule has 0 radical (unpaired) electrons. The van der Waals surface area contributed by atoms with Gasteiger partial charge < -0.3 is 5.32 Å². The minimum Gasteiger partial charge on any atom is -0.339 e. The fraction of sp³-hybridized carbons (Fsp3) is 0.333. The summed E-state index contributed by atoms with van der Waals surface area (Å²) in [5, 5.41) is 13.9. The van der Waals surface area contributed by atoms with E-state index >= 15 is 0 Å². The Bertz CT molecular complexity index is 560. The van der Waals surface area contributed by atoms with Gasteiger partial charge in [0, 0.05) is 6.54 Å². The Morgan fingerprint density at radius 2 is 2.25 bits per heavy atom. The number of rotatable bonds is 4. The molecule has 8 nitrogen and oxygen atoms in total. The average Bonchev–Trinajstić information content (AvgIpc) is 3.12. The van der Waals surface area contributed by atoms with Crippen molar-refractivity contribution in [3.05, 3.63) is 36.2 Å². The van der Waals surface area contributed by atoms with E-state index in [1.807, 2.05) is 24.3 Å². The fourth-order valence-electron chi connectivity index (χ4n) is 2.07. The monoisotopic (exact) mass is 273 g/mol. The molecule has 3 rings (SSSR count). The van der Waals surface area contributed by atoms with Gasteiger partial charge in [-0.15, -0.1) is 5.10 Å². The molecule has 2 aromatic rings. The van der Waals surface area contributed by atoms with Crippen molar-refractivity contribution in [2.75, 3.05) is 6.54 Å². The van der Waals surface area contributed by atoms with Gasteiger partial charge in [-0.3, -0.25) is 10.2 Å². The van der Waals surface area contributed by atoms with Crippen LogP contribution in [0, 0.1) is 0 Å². The van der Waals surface area contributed by atoms with Crippen LogP contribution in [0.4, 0.5) is 0 Å². The number of nitrogens with one attached hydrogen (secondary N) is 3. The lowest BCUT2D eigenvalue weighted by Gasteiger charge is -2.12. The van der Waals surface area contributed by atoms with Gasteiger partial charge in [0.2, 0.25) is 5.91 Å².